The minimum absolute atomic E-state index is 0.0336. The smallest absolute Gasteiger partial charge is 0.339 e. The Bertz CT molecular complexity index is 738. The number of ketones is 1. The summed E-state index contributed by atoms with van der Waals surface area (Å²) in [6.07, 6.45) is -1.11. The molecule has 1 N–H and O–H groups in total. The lowest BCUT2D eigenvalue weighted by molar-refractivity contribution is -0.151. The average Bonchev–Trinajstić information content (AvgIpc) is 2.79. The normalized spacial score (nSPS) is 13.8. The van der Waals surface area contributed by atoms with Gasteiger partial charge < -0.3 is 9.47 Å². The minimum Gasteiger partial charge on any atom is -0.459 e. The van der Waals surface area contributed by atoms with Crippen LogP contribution in [-0.4, -0.2) is 42.2 Å². The molecule has 0 saturated carbocycles. The first-order valence-corrected chi connectivity index (χ1v) is 7.14. The van der Waals surface area contributed by atoms with Crippen molar-refractivity contribution in [2.75, 3.05) is 6.61 Å². The summed E-state index contributed by atoms with van der Waals surface area (Å²) >= 11 is 0. The van der Waals surface area contributed by atoms with Gasteiger partial charge in [-0.2, -0.15) is 0 Å². The maximum absolute atomic E-state index is 12.1. The van der Waals surface area contributed by atoms with Crippen LogP contribution in [-0.2, 0) is 19.1 Å². The zero-order valence-electron chi connectivity index (χ0n) is 13.1. The summed E-state index contributed by atoms with van der Waals surface area (Å²) in [4.78, 5) is 57.6. The van der Waals surface area contributed by atoms with Crippen LogP contribution in [0.4, 0.5) is 0 Å². The molecule has 0 aromatic heterocycles. The highest BCUT2D eigenvalue weighted by Crippen LogP contribution is 2.20. The standard InChI is InChI=1S/C16H15NO7/c1-8(18)6-12(19)24-9(2)7-23-16(22)11-5-3-4-10-13(11)15(21)17-14(10)20/h3-5,9H,6-7H2,1-2H3,(H,17,20,21). The molecule has 2 amide bonds. The van der Waals surface area contributed by atoms with Crippen molar-refractivity contribution in [2.45, 2.75) is 26.4 Å². The zero-order chi connectivity index (χ0) is 17.9. The van der Waals surface area contributed by atoms with E-state index in [0.717, 1.165) is 0 Å². The summed E-state index contributed by atoms with van der Waals surface area (Å²) in [7, 11) is 0. The summed E-state index contributed by atoms with van der Waals surface area (Å²) in [5.74, 6) is -3.10. The topological polar surface area (TPSA) is 116 Å². The molecule has 0 radical (unpaired) electrons. The first-order chi connectivity index (χ1) is 11.3. The summed E-state index contributed by atoms with van der Waals surface area (Å²) in [5, 5.41) is 2.10. The van der Waals surface area contributed by atoms with E-state index >= 15 is 0 Å². The van der Waals surface area contributed by atoms with Gasteiger partial charge in [-0.05, 0) is 26.0 Å². The third kappa shape index (κ3) is 3.83. The third-order valence-corrected chi connectivity index (χ3v) is 3.16. The molecule has 126 valence electrons. The zero-order valence-corrected chi connectivity index (χ0v) is 13.1. The molecule has 1 aromatic rings. The first-order valence-electron chi connectivity index (χ1n) is 7.14. The van der Waals surface area contributed by atoms with Gasteiger partial charge in [0.25, 0.3) is 11.8 Å². The van der Waals surface area contributed by atoms with E-state index in [9.17, 15) is 24.0 Å². The van der Waals surface area contributed by atoms with Gasteiger partial charge in [-0.15, -0.1) is 0 Å². The first kappa shape index (κ1) is 17.3. The monoisotopic (exact) mass is 333 g/mol. The van der Waals surface area contributed by atoms with Gasteiger partial charge in [0.05, 0.1) is 16.7 Å². The highest BCUT2D eigenvalue weighted by atomic mass is 16.6. The Morgan fingerprint density at radius 2 is 1.88 bits per heavy atom. The number of nitrogens with one attached hydrogen (secondary N) is 1. The maximum Gasteiger partial charge on any atom is 0.339 e. The highest BCUT2D eigenvalue weighted by molar-refractivity contribution is 6.24. The maximum atomic E-state index is 12.1. The molecule has 0 spiro atoms. The average molecular weight is 333 g/mol. The lowest BCUT2D eigenvalue weighted by Crippen LogP contribution is -2.24. The molecule has 1 heterocycles. The number of esters is 2. The van der Waals surface area contributed by atoms with Gasteiger partial charge in [0.2, 0.25) is 0 Å². The summed E-state index contributed by atoms with van der Waals surface area (Å²) in [5.41, 5.74) is 0.0298. The van der Waals surface area contributed by atoms with Crippen LogP contribution in [0.3, 0.4) is 0 Å². The van der Waals surface area contributed by atoms with E-state index in [4.69, 9.17) is 9.47 Å². The summed E-state index contributed by atoms with van der Waals surface area (Å²) in [6.45, 7) is 2.51. The molecule has 2 rings (SSSR count). The second-order valence-corrected chi connectivity index (χ2v) is 5.29. The highest BCUT2D eigenvalue weighted by Gasteiger charge is 2.32. The number of hydrogen-bond acceptors (Lipinski definition) is 7. The quantitative estimate of drug-likeness (QED) is 0.461. The number of Topliss-reactive ketones (excluding diaryl/α,β-unsaturated/α-hetero) is 1. The molecule has 1 aliphatic heterocycles. The number of amides is 2. The molecular formula is C16H15NO7. The predicted molar refractivity (Wildman–Crippen MR) is 79.4 cm³/mol. The van der Waals surface area contributed by atoms with Crippen molar-refractivity contribution in [2.24, 2.45) is 0 Å². The summed E-state index contributed by atoms with van der Waals surface area (Å²) in [6, 6.07) is 4.26. The van der Waals surface area contributed by atoms with Crippen LogP contribution in [0.25, 0.3) is 0 Å². The van der Waals surface area contributed by atoms with Gasteiger partial charge in [-0.25, -0.2) is 4.79 Å². The van der Waals surface area contributed by atoms with Crippen molar-refractivity contribution in [1.82, 2.24) is 5.32 Å². The molecule has 1 aromatic carbocycles. The molecule has 0 bridgehead atoms. The van der Waals surface area contributed by atoms with E-state index in [1.807, 2.05) is 0 Å². The molecular weight excluding hydrogens is 318 g/mol. The lowest BCUT2D eigenvalue weighted by Gasteiger charge is -2.13. The Morgan fingerprint density at radius 1 is 1.17 bits per heavy atom. The van der Waals surface area contributed by atoms with Crippen LogP contribution >= 0.6 is 0 Å². The van der Waals surface area contributed by atoms with Gasteiger partial charge >= 0.3 is 11.9 Å². The van der Waals surface area contributed by atoms with Crippen LogP contribution in [0.2, 0.25) is 0 Å². The van der Waals surface area contributed by atoms with Crippen LogP contribution in [0.15, 0.2) is 18.2 Å². The second kappa shape index (κ2) is 7.03. The van der Waals surface area contributed by atoms with Crippen molar-refractivity contribution in [1.29, 1.82) is 0 Å². The van der Waals surface area contributed by atoms with Crippen molar-refractivity contribution in [3.63, 3.8) is 0 Å². The fraction of sp³-hybridized carbons (Fsp3) is 0.312. The Morgan fingerprint density at radius 3 is 2.54 bits per heavy atom. The number of rotatable bonds is 6. The fourth-order valence-electron chi connectivity index (χ4n) is 2.16. The third-order valence-electron chi connectivity index (χ3n) is 3.16. The van der Waals surface area contributed by atoms with E-state index in [2.05, 4.69) is 5.32 Å². The largest absolute Gasteiger partial charge is 0.459 e. The number of ether oxygens (including phenoxy) is 2. The molecule has 1 atom stereocenters. The molecule has 1 unspecified atom stereocenters. The van der Waals surface area contributed by atoms with E-state index < -0.39 is 29.9 Å². The molecule has 1 aliphatic rings. The Balaban J connectivity index is 1.99. The van der Waals surface area contributed by atoms with Crippen LogP contribution in [0, 0.1) is 0 Å². The van der Waals surface area contributed by atoms with Gasteiger partial charge in [0.1, 0.15) is 24.9 Å². The minimum atomic E-state index is -0.814. The number of hydrogen-bond donors (Lipinski definition) is 1. The van der Waals surface area contributed by atoms with E-state index in [0.29, 0.717) is 0 Å². The molecule has 0 aliphatic carbocycles. The molecule has 8 nitrogen and oxygen atoms in total. The van der Waals surface area contributed by atoms with E-state index in [1.54, 1.807) is 0 Å². The predicted octanol–water partition coefficient (Wildman–Crippen LogP) is 0.638. The van der Waals surface area contributed by atoms with Crippen LogP contribution in [0.1, 0.15) is 51.3 Å². The lowest BCUT2D eigenvalue weighted by atomic mass is 10.0. The van der Waals surface area contributed by atoms with Crippen molar-refractivity contribution in [3.8, 4) is 0 Å². The molecule has 8 heteroatoms. The number of benzene rings is 1. The number of carbonyl (C=O) groups is 5. The second-order valence-electron chi connectivity index (χ2n) is 5.29. The van der Waals surface area contributed by atoms with Crippen LogP contribution in [0.5, 0.6) is 0 Å². The van der Waals surface area contributed by atoms with Gasteiger partial charge in [0.15, 0.2) is 0 Å². The SMILES string of the molecule is CC(=O)CC(=O)OC(C)COC(=O)c1cccc2c1C(=O)NC2=O. The Labute approximate surface area is 137 Å². The van der Waals surface area contributed by atoms with Crippen molar-refractivity contribution < 1.29 is 33.4 Å². The Hall–Kier alpha value is -3.03. The van der Waals surface area contributed by atoms with Crippen molar-refractivity contribution >= 4 is 29.5 Å². The van der Waals surface area contributed by atoms with Crippen LogP contribution < -0.4 is 5.32 Å². The molecule has 0 fully saturated rings. The summed E-state index contributed by atoms with van der Waals surface area (Å²) < 4.78 is 9.92. The fourth-order valence-corrected chi connectivity index (χ4v) is 2.16. The van der Waals surface area contributed by atoms with Gasteiger partial charge in [-0.1, -0.05) is 6.07 Å². The number of carbonyl (C=O) groups excluding carboxylic acids is 5. The van der Waals surface area contributed by atoms with Gasteiger partial charge in [0, 0.05) is 0 Å². The Kier molecular flexibility index (Phi) is 5.08. The van der Waals surface area contributed by atoms with Crippen molar-refractivity contribution in [3.05, 3.63) is 34.9 Å². The number of fused-ring (bicyclic) bond motifs is 1. The number of imide groups is 1. The molecule has 0 saturated heterocycles. The van der Waals surface area contributed by atoms with E-state index in [-0.39, 0.29) is 35.5 Å². The van der Waals surface area contributed by atoms with Gasteiger partial charge in [-0.3, -0.25) is 24.5 Å². The van der Waals surface area contributed by atoms with E-state index in [1.165, 1.54) is 32.0 Å². The molecule has 24 heavy (non-hydrogen) atoms.